The first-order valence-corrected chi connectivity index (χ1v) is 9.99. The van der Waals surface area contributed by atoms with Crippen molar-refractivity contribution in [2.24, 2.45) is 10.7 Å². The third kappa shape index (κ3) is 8.08. The Hall–Kier alpha value is -2.24. The molecule has 31 heavy (non-hydrogen) atoms. The number of hydrogen-bond acceptors (Lipinski definition) is 6. The van der Waals surface area contributed by atoms with Crippen LogP contribution >= 0.6 is 24.0 Å². The lowest BCUT2D eigenvalue weighted by Crippen LogP contribution is -2.38. The Morgan fingerprint density at radius 3 is 2.61 bits per heavy atom. The van der Waals surface area contributed by atoms with E-state index in [-0.39, 0.29) is 24.0 Å². The van der Waals surface area contributed by atoms with Crippen LogP contribution in [0.4, 0.5) is 5.69 Å². The minimum Gasteiger partial charge on any atom is -0.493 e. The fraction of sp³-hybridized carbons (Fsp3) is 0.409. The first kappa shape index (κ1) is 25.0. The zero-order valence-corrected chi connectivity index (χ0v) is 20.3. The van der Waals surface area contributed by atoms with Crippen molar-refractivity contribution < 1.29 is 18.9 Å². The maximum absolute atomic E-state index is 6.04. The number of aliphatic imine (C=N–C) groups is 1. The number of nitrogens with one attached hydrogen (secondary N) is 1. The molecular formula is C22H31IN4O4. The second kappa shape index (κ2) is 13.2. The van der Waals surface area contributed by atoms with Gasteiger partial charge in [-0.05, 0) is 29.8 Å². The normalized spacial score (nSPS) is 14.5. The molecule has 3 rings (SSSR count). The second-order valence-electron chi connectivity index (χ2n) is 6.85. The van der Waals surface area contributed by atoms with E-state index in [0.717, 1.165) is 49.8 Å². The van der Waals surface area contributed by atoms with Crippen molar-refractivity contribution in [1.29, 1.82) is 0 Å². The molecule has 0 aromatic heterocycles. The third-order valence-electron chi connectivity index (χ3n) is 4.77. The van der Waals surface area contributed by atoms with Crippen LogP contribution in [0.15, 0.2) is 47.5 Å². The predicted molar refractivity (Wildman–Crippen MR) is 133 cm³/mol. The summed E-state index contributed by atoms with van der Waals surface area (Å²) in [5.74, 6) is 2.43. The molecule has 2 aromatic carbocycles. The van der Waals surface area contributed by atoms with E-state index in [1.54, 1.807) is 14.2 Å². The maximum Gasteiger partial charge on any atom is 0.193 e. The fourth-order valence-corrected chi connectivity index (χ4v) is 3.13. The Morgan fingerprint density at radius 2 is 1.87 bits per heavy atom. The number of hydrogen-bond donors (Lipinski definition) is 2. The molecule has 0 amide bonds. The zero-order chi connectivity index (χ0) is 21.2. The molecule has 0 spiro atoms. The SMILES string of the molecule is COc1ccc(NC(N)=NCc2cccc(OCCN3CCOCC3)c2)cc1OC.I. The Balaban J connectivity index is 0.00000341. The van der Waals surface area contributed by atoms with Crippen LogP contribution in [-0.4, -0.2) is 64.5 Å². The predicted octanol–water partition coefficient (Wildman–Crippen LogP) is 2.96. The van der Waals surface area contributed by atoms with Crippen LogP contribution in [0, 0.1) is 0 Å². The van der Waals surface area contributed by atoms with E-state index in [9.17, 15) is 0 Å². The van der Waals surface area contributed by atoms with Gasteiger partial charge in [-0.1, -0.05) is 12.1 Å². The van der Waals surface area contributed by atoms with E-state index < -0.39 is 0 Å². The molecule has 170 valence electrons. The average molecular weight is 542 g/mol. The molecule has 0 atom stereocenters. The van der Waals surface area contributed by atoms with E-state index in [1.807, 2.05) is 42.5 Å². The molecule has 1 heterocycles. The van der Waals surface area contributed by atoms with Crippen molar-refractivity contribution in [2.75, 3.05) is 59.0 Å². The van der Waals surface area contributed by atoms with Crippen LogP contribution in [0.25, 0.3) is 0 Å². The van der Waals surface area contributed by atoms with Crippen molar-refractivity contribution in [3.05, 3.63) is 48.0 Å². The summed E-state index contributed by atoms with van der Waals surface area (Å²) >= 11 is 0. The number of anilines is 1. The Kier molecular flexibility index (Phi) is 10.7. The number of nitrogens with two attached hydrogens (primary N) is 1. The van der Waals surface area contributed by atoms with Gasteiger partial charge in [0.25, 0.3) is 0 Å². The molecule has 0 aliphatic carbocycles. The van der Waals surface area contributed by atoms with Gasteiger partial charge < -0.3 is 30.0 Å². The summed E-state index contributed by atoms with van der Waals surface area (Å²) in [7, 11) is 3.19. The summed E-state index contributed by atoms with van der Waals surface area (Å²) in [6.07, 6.45) is 0. The molecule has 1 aliphatic heterocycles. The molecule has 1 saturated heterocycles. The fourth-order valence-electron chi connectivity index (χ4n) is 3.13. The molecule has 8 nitrogen and oxygen atoms in total. The van der Waals surface area contributed by atoms with Crippen molar-refractivity contribution in [3.8, 4) is 17.2 Å². The van der Waals surface area contributed by atoms with Crippen LogP contribution in [0.1, 0.15) is 5.56 Å². The largest absolute Gasteiger partial charge is 0.493 e. The van der Waals surface area contributed by atoms with Gasteiger partial charge in [-0.25, -0.2) is 4.99 Å². The van der Waals surface area contributed by atoms with Gasteiger partial charge in [-0.2, -0.15) is 0 Å². The maximum atomic E-state index is 6.04. The van der Waals surface area contributed by atoms with Crippen LogP contribution < -0.4 is 25.3 Å². The molecule has 9 heteroatoms. The van der Waals surface area contributed by atoms with E-state index in [0.29, 0.717) is 30.6 Å². The summed E-state index contributed by atoms with van der Waals surface area (Å²) in [5.41, 5.74) is 7.83. The summed E-state index contributed by atoms with van der Waals surface area (Å²) in [6.45, 7) is 5.52. The first-order valence-electron chi connectivity index (χ1n) is 9.99. The van der Waals surface area contributed by atoms with Gasteiger partial charge in [0.1, 0.15) is 12.4 Å². The standard InChI is InChI=1S/C22H30N4O4.HI/c1-27-20-7-6-18(15-21(20)28-2)25-22(23)24-16-17-4-3-5-19(14-17)30-13-10-26-8-11-29-12-9-26;/h3-7,14-15H,8-13,16H2,1-2H3,(H3,23,24,25);1H. The topological polar surface area (TPSA) is 90.6 Å². The molecular weight excluding hydrogens is 511 g/mol. The van der Waals surface area contributed by atoms with Crippen LogP contribution in [0.3, 0.4) is 0 Å². The van der Waals surface area contributed by atoms with Gasteiger partial charge in [0.2, 0.25) is 0 Å². The number of ether oxygens (including phenoxy) is 4. The van der Waals surface area contributed by atoms with E-state index in [4.69, 9.17) is 24.7 Å². The van der Waals surface area contributed by atoms with Crippen molar-refractivity contribution >= 4 is 35.6 Å². The summed E-state index contributed by atoms with van der Waals surface area (Å²) in [5, 5.41) is 3.07. The van der Waals surface area contributed by atoms with Crippen molar-refractivity contribution in [1.82, 2.24) is 4.90 Å². The van der Waals surface area contributed by atoms with Crippen LogP contribution in [0.5, 0.6) is 17.2 Å². The number of halogens is 1. The number of methoxy groups -OCH3 is 2. The van der Waals surface area contributed by atoms with E-state index in [2.05, 4.69) is 15.2 Å². The quantitative estimate of drug-likeness (QED) is 0.286. The number of benzene rings is 2. The smallest absolute Gasteiger partial charge is 0.193 e. The van der Waals surface area contributed by atoms with Gasteiger partial charge in [0.05, 0.1) is 34.0 Å². The summed E-state index contributed by atoms with van der Waals surface area (Å²) in [6, 6.07) is 13.4. The lowest BCUT2D eigenvalue weighted by molar-refractivity contribution is 0.0322. The van der Waals surface area contributed by atoms with Gasteiger partial charge >= 0.3 is 0 Å². The van der Waals surface area contributed by atoms with Gasteiger partial charge in [0.15, 0.2) is 17.5 Å². The van der Waals surface area contributed by atoms with Crippen LogP contribution in [0.2, 0.25) is 0 Å². The van der Waals surface area contributed by atoms with Crippen LogP contribution in [-0.2, 0) is 11.3 Å². The highest BCUT2D eigenvalue weighted by Gasteiger charge is 2.10. The minimum absolute atomic E-state index is 0. The molecule has 3 N–H and O–H groups in total. The highest BCUT2D eigenvalue weighted by Crippen LogP contribution is 2.29. The second-order valence-corrected chi connectivity index (χ2v) is 6.85. The monoisotopic (exact) mass is 542 g/mol. The lowest BCUT2D eigenvalue weighted by atomic mass is 10.2. The molecule has 1 aliphatic rings. The van der Waals surface area contributed by atoms with Gasteiger partial charge in [0, 0.05) is 31.4 Å². The average Bonchev–Trinajstić information content (AvgIpc) is 2.78. The Bertz CT molecular complexity index is 844. The van der Waals surface area contributed by atoms with Gasteiger partial charge in [-0.3, -0.25) is 4.90 Å². The molecule has 0 unspecified atom stereocenters. The number of rotatable bonds is 9. The number of guanidine groups is 1. The van der Waals surface area contributed by atoms with E-state index >= 15 is 0 Å². The Labute approximate surface area is 200 Å². The highest BCUT2D eigenvalue weighted by molar-refractivity contribution is 14.0. The Morgan fingerprint density at radius 1 is 1.10 bits per heavy atom. The minimum atomic E-state index is 0. The highest BCUT2D eigenvalue weighted by atomic mass is 127. The molecule has 0 radical (unpaired) electrons. The lowest BCUT2D eigenvalue weighted by Gasteiger charge is -2.26. The van der Waals surface area contributed by atoms with E-state index in [1.165, 1.54) is 0 Å². The third-order valence-corrected chi connectivity index (χ3v) is 4.77. The molecule has 2 aromatic rings. The molecule has 1 fully saturated rings. The van der Waals surface area contributed by atoms with Crippen molar-refractivity contribution in [2.45, 2.75) is 6.54 Å². The summed E-state index contributed by atoms with van der Waals surface area (Å²) in [4.78, 5) is 6.76. The first-order chi connectivity index (χ1) is 14.7. The molecule has 0 bridgehead atoms. The number of morpholine rings is 1. The van der Waals surface area contributed by atoms with Crippen molar-refractivity contribution in [3.63, 3.8) is 0 Å². The number of nitrogens with zero attached hydrogens (tertiary/aromatic N) is 2. The van der Waals surface area contributed by atoms with Gasteiger partial charge in [-0.15, -0.1) is 24.0 Å². The summed E-state index contributed by atoms with van der Waals surface area (Å²) < 4.78 is 21.8. The zero-order valence-electron chi connectivity index (χ0n) is 18.0. The molecule has 0 saturated carbocycles.